The van der Waals surface area contributed by atoms with Gasteiger partial charge in [-0.3, -0.25) is 4.79 Å². The first-order chi connectivity index (χ1) is 20.5. The first kappa shape index (κ1) is 28.7. The summed E-state index contributed by atoms with van der Waals surface area (Å²) in [6, 6.07) is 19.8. The van der Waals surface area contributed by atoms with E-state index in [4.69, 9.17) is 19.2 Å². The van der Waals surface area contributed by atoms with Crippen LogP contribution in [0.5, 0.6) is 17.2 Å². The molecule has 1 unspecified atom stereocenters. The fraction of sp³-hybridized carbons (Fsp3) is 0.281. The average Bonchev–Trinajstić information content (AvgIpc) is 3.04. The summed E-state index contributed by atoms with van der Waals surface area (Å²) in [5.41, 5.74) is 3.63. The number of carbonyl (C=O) groups excluding carboxylic acids is 1. The first-order valence-corrected chi connectivity index (χ1v) is 13.7. The molecule has 0 spiro atoms. The molecule has 0 aliphatic carbocycles. The van der Waals surface area contributed by atoms with Crippen LogP contribution < -0.4 is 29.7 Å². The molecule has 0 radical (unpaired) electrons. The number of hydrogen-bond donors (Lipinski definition) is 2. The molecule has 1 saturated heterocycles. The zero-order valence-electron chi connectivity index (χ0n) is 23.9. The standard InChI is InChI=1S/C32H34FN5O4/c1-40-27-17-26(18-28(41-2)30(27)42-3)36-32-34-15-14-29(37-32)38-16-4-5-24(20-38)31(39)35-19-21-6-8-22(9-7-21)23-10-12-25(33)13-11-23/h6-15,17-18,24H,4-5,16,19-20H2,1-3H3,(H,35,39)(H,34,36,37). The van der Waals surface area contributed by atoms with Crippen LogP contribution in [0.25, 0.3) is 11.1 Å². The van der Waals surface area contributed by atoms with E-state index in [2.05, 4.69) is 20.5 Å². The summed E-state index contributed by atoms with van der Waals surface area (Å²) < 4.78 is 29.5. The van der Waals surface area contributed by atoms with Crippen molar-refractivity contribution >= 4 is 23.4 Å². The van der Waals surface area contributed by atoms with Gasteiger partial charge in [-0.25, -0.2) is 9.37 Å². The minimum absolute atomic E-state index is 0.0205. The largest absolute Gasteiger partial charge is 0.493 e. The van der Waals surface area contributed by atoms with Crippen LogP contribution in [-0.2, 0) is 11.3 Å². The lowest BCUT2D eigenvalue weighted by Crippen LogP contribution is -2.43. The Bertz CT molecular complexity index is 1490. The molecular weight excluding hydrogens is 537 g/mol. The van der Waals surface area contributed by atoms with Crippen molar-refractivity contribution in [2.24, 2.45) is 5.92 Å². The highest BCUT2D eigenvalue weighted by Crippen LogP contribution is 2.40. The van der Waals surface area contributed by atoms with Crippen LogP contribution in [0.4, 0.5) is 21.8 Å². The van der Waals surface area contributed by atoms with Crippen LogP contribution >= 0.6 is 0 Å². The lowest BCUT2D eigenvalue weighted by atomic mass is 9.97. The van der Waals surface area contributed by atoms with E-state index < -0.39 is 0 Å². The van der Waals surface area contributed by atoms with Gasteiger partial charge in [0.15, 0.2) is 11.5 Å². The Morgan fingerprint density at radius 3 is 2.26 bits per heavy atom. The number of aromatic nitrogens is 2. The summed E-state index contributed by atoms with van der Waals surface area (Å²) in [7, 11) is 4.68. The summed E-state index contributed by atoms with van der Waals surface area (Å²) >= 11 is 0. The van der Waals surface area contributed by atoms with Gasteiger partial charge in [0.2, 0.25) is 17.6 Å². The molecule has 1 aliphatic rings. The summed E-state index contributed by atoms with van der Waals surface area (Å²) in [5.74, 6) is 2.30. The molecule has 5 rings (SSSR count). The number of nitrogens with zero attached hydrogens (tertiary/aromatic N) is 3. The van der Waals surface area contributed by atoms with Crippen molar-refractivity contribution in [1.82, 2.24) is 15.3 Å². The Kier molecular flexibility index (Phi) is 9.01. The monoisotopic (exact) mass is 571 g/mol. The Balaban J connectivity index is 1.20. The second-order valence-electron chi connectivity index (χ2n) is 9.98. The van der Waals surface area contributed by atoms with Crippen molar-refractivity contribution in [2.75, 3.05) is 44.6 Å². The number of amides is 1. The highest BCUT2D eigenvalue weighted by molar-refractivity contribution is 5.79. The lowest BCUT2D eigenvalue weighted by Gasteiger charge is -2.33. The quantitative estimate of drug-likeness (QED) is 0.255. The number of nitrogens with one attached hydrogen (secondary N) is 2. The molecule has 10 heteroatoms. The predicted molar refractivity (Wildman–Crippen MR) is 160 cm³/mol. The van der Waals surface area contributed by atoms with Gasteiger partial charge in [0.1, 0.15) is 11.6 Å². The molecule has 2 N–H and O–H groups in total. The van der Waals surface area contributed by atoms with Gasteiger partial charge in [0, 0.05) is 43.7 Å². The summed E-state index contributed by atoms with van der Waals surface area (Å²) in [5, 5.41) is 6.30. The number of hydrogen-bond acceptors (Lipinski definition) is 8. The van der Waals surface area contributed by atoms with Crippen molar-refractivity contribution in [3.8, 4) is 28.4 Å². The zero-order valence-corrected chi connectivity index (χ0v) is 23.9. The van der Waals surface area contributed by atoms with E-state index in [0.717, 1.165) is 41.9 Å². The Morgan fingerprint density at radius 1 is 0.952 bits per heavy atom. The smallest absolute Gasteiger partial charge is 0.229 e. The highest BCUT2D eigenvalue weighted by atomic mass is 19.1. The third kappa shape index (κ3) is 6.71. The van der Waals surface area contributed by atoms with Gasteiger partial charge in [-0.1, -0.05) is 36.4 Å². The van der Waals surface area contributed by atoms with E-state index in [1.807, 2.05) is 30.3 Å². The molecule has 218 valence electrons. The Labute approximate surface area is 244 Å². The van der Waals surface area contributed by atoms with E-state index in [1.165, 1.54) is 12.1 Å². The van der Waals surface area contributed by atoms with Gasteiger partial charge in [0.25, 0.3) is 0 Å². The molecule has 1 aliphatic heterocycles. The van der Waals surface area contributed by atoms with Gasteiger partial charge in [-0.2, -0.15) is 4.98 Å². The molecule has 42 heavy (non-hydrogen) atoms. The number of benzene rings is 3. The summed E-state index contributed by atoms with van der Waals surface area (Å²) in [6.07, 6.45) is 3.39. The molecule has 2 heterocycles. The second kappa shape index (κ2) is 13.2. The van der Waals surface area contributed by atoms with Crippen LogP contribution in [0.2, 0.25) is 0 Å². The van der Waals surface area contributed by atoms with Crippen LogP contribution in [0, 0.1) is 11.7 Å². The maximum atomic E-state index is 13.2. The topological polar surface area (TPSA) is 97.8 Å². The molecule has 9 nitrogen and oxygen atoms in total. The molecule has 1 atom stereocenters. The summed E-state index contributed by atoms with van der Waals surface area (Å²) in [6.45, 7) is 1.81. The number of ether oxygens (including phenoxy) is 3. The van der Waals surface area contributed by atoms with Crippen LogP contribution in [0.3, 0.4) is 0 Å². The molecule has 0 bridgehead atoms. The minimum atomic E-state index is -0.258. The predicted octanol–water partition coefficient (Wildman–Crippen LogP) is 5.58. The van der Waals surface area contributed by atoms with Gasteiger partial charge in [0.05, 0.1) is 27.2 Å². The SMILES string of the molecule is COc1cc(Nc2nccc(N3CCCC(C(=O)NCc4ccc(-c5ccc(F)cc5)cc4)C3)n2)cc(OC)c1OC. The fourth-order valence-corrected chi connectivity index (χ4v) is 5.06. The number of carbonyl (C=O) groups is 1. The molecular formula is C32H34FN5O4. The number of piperidine rings is 1. The molecule has 1 amide bonds. The lowest BCUT2D eigenvalue weighted by molar-refractivity contribution is -0.125. The van der Waals surface area contributed by atoms with Crippen molar-refractivity contribution in [1.29, 1.82) is 0 Å². The van der Waals surface area contributed by atoms with Crippen LogP contribution in [0.15, 0.2) is 72.9 Å². The number of halogens is 1. The number of anilines is 3. The zero-order chi connectivity index (χ0) is 29.5. The molecule has 1 fully saturated rings. The molecule has 4 aromatic rings. The average molecular weight is 572 g/mol. The second-order valence-corrected chi connectivity index (χ2v) is 9.98. The third-order valence-electron chi connectivity index (χ3n) is 7.28. The van der Waals surface area contributed by atoms with E-state index in [-0.39, 0.29) is 17.6 Å². The van der Waals surface area contributed by atoms with Crippen molar-refractivity contribution < 1.29 is 23.4 Å². The van der Waals surface area contributed by atoms with Gasteiger partial charge in [-0.15, -0.1) is 0 Å². The first-order valence-electron chi connectivity index (χ1n) is 13.7. The van der Waals surface area contributed by atoms with E-state index >= 15 is 0 Å². The summed E-state index contributed by atoms with van der Waals surface area (Å²) in [4.78, 5) is 24.3. The van der Waals surface area contributed by atoms with E-state index in [1.54, 1.807) is 51.8 Å². The normalized spacial score (nSPS) is 14.7. The minimum Gasteiger partial charge on any atom is -0.493 e. The van der Waals surface area contributed by atoms with Gasteiger partial charge >= 0.3 is 0 Å². The fourth-order valence-electron chi connectivity index (χ4n) is 5.06. The van der Waals surface area contributed by atoms with E-state index in [0.29, 0.717) is 42.0 Å². The van der Waals surface area contributed by atoms with Crippen molar-refractivity contribution in [3.63, 3.8) is 0 Å². The van der Waals surface area contributed by atoms with Gasteiger partial charge in [-0.05, 0) is 47.7 Å². The maximum Gasteiger partial charge on any atom is 0.229 e. The highest BCUT2D eigenvalue weighted by Gasteiger charge is 2.26. The Morgan fingerprint density at radius 2 is 1.62 bits per heavy atom. The number of methoxy groups -OCH3 is 3. The molecule has 0 saturated carbocycles. The van der Waals surface area contributed by atoms with Crippen LogP contribution in [0.1, 0.15) is 18.4 Å². The van der Waals surface area contributed by atoms with Gasteiger partial charge < -0.3 is 29.7 Å². The van der Waals surface area contributed by atoms with E-state index in [9.17, 15) is 9.18 Å². The third-order valence-corrected chi connectivity index (χ3v) is 7.28. The Hall–Kier alpha value is -4.86. The number of rotatable bonds is 10. The van der Waals surface area contributed by atoms with Crippen molar-refractivity contribution in [2.45, 2.75) is 19.4 Å². The van der Waals surface area contributed by atoms with Crippen molar-refractivity contribution in [3.05, 3.63) is 84.3 Å². The van der Waals surface area contributed by atoms with Crippen LogP contribution in [-0.4, -0.2) is 50.3 Å². The maximum absolute atomic E-state index is 13.2. The molecule has 3 aromatic carbocycles. The molecule has 1 aromatic heterocycles.